The molecule has 138 valence electrons. The van der Waals surface area contributed by atoms with Crippen molar-refractivity contribution in [3.05, 3.63) is 77.3 Å². The molecule has 3 nitrogen and oxygen atoms in total. The summed E-state index contributed by atoms with van der Waals surface area (Å²) in [6.45, 7) is 3.04. The summed E-state index contributed by atoms with van der Waals surface area (Å²) in [5.41, 5.74) is 7.71. The summed E-state index contributed by atoms with van der Waals surface area (Å²) in [5.74, 6) is 1.04. The molecule has 0 amide bonds. The molecular formula is C24H26N2O. The topological polar surface area (TPSA) is 27.1 Å². The average Bonchev–Trinajstić information content (AvgIpc) is 3.17. The SMILES string of the molecule is COc1ccc(/C=C(\C)Cn2cnc(-c3ccccc3)c2)c2c1CCCC2. The van der Waals surface area contributed by atoms with Gasteiger partial charge in [0.2, 0.25) is 0 Å². The predicted molar refractivity (Wildman–Crippen MR) is 111 cm³/mol. The Balaban J connectivity index is 1.56. The lowest BCUT2D eigenvalue weighted by molar-refractivity contribution is 0.406. The predicted octanol–water partition coefficient (Wildman–Crippen LogP) is 5.54. The number of ether oxygens (including phenoxy) is 1. The van der Waals surface area contributed by atoms with Crippen molar-refractivity contribution in [1.29, 1.82) is 0 Å². The van der Waals surface area contributed by atoms with Gasteiger partial charge in [-0.3, -0.25) is 0 Å². The van der Waals surface area contributed by atoms with Gasteiger partial charge in [-0.15, -0.1) is 0 Å². The summed E-state index contributed by atoms with van der Waals surface area (Å²) in [6.07, 6.45) is 11.2. The molecule has 0 saturated heterocycles. The van der Waals surface area contributed by atoms with E-state index in [2.05, 4.69) is 53.0 Å². The zero-order valence-corrected chi connectivity index (χ0v) is 16.1. The van der Waals surface area contributed by atoms with E-state index < -0.39 is 0 Å². The minimum atomic E-state index is 0.848. The van der Waals surface area contributed by atoms with Crippen molar-refractivity contribution in [1.82, 2.24) is 9.55 Å². The molecule has 0 bridgehead atoms. The van der Waals surface area contributed by atoms with Gasteiger partial charge in [-0.1, -0.05) is 48.0 Å². The van der Waals surface area contributed by atoms with Crippen LogP contribution >= 0.6 is 0 Å². The van der Waals surface area contributed by atoms with E-state index in [9.17, 15) is 0 Å². The van der Waals surface area contributed by atoms with E-state index >= 15 is 0 Å². The molecule has 1 aliphatic rings. The molecule has 0 N–H and O–H groups in total. The number of hydrogen-bond donors (Lipinski definition) is 0. The fraction of sp³-hybridized carbons (Fsp3) is 0.292. The van der Waals surface area contributed by atoms with E-state index in [0.29, 0.717) is 0 Å². The molecule has 27 heavy (non-hydrogen) atoms. The highest BCUT2D eigenvalue weighted by atomic mass is 16.5. The van der Waals surface area contributed by atoms with Crippen molar-refractivity contribution in [2.24, 2.45) is 0 Å². The maximum absolute atomic E-state index is 5.58. The quantitative estimate of drug-likeness (QED) is 0.599. The van der Waals surface area contributed by atoms with E-state index in [4.69, 9.17) is 4.74 Å². The molecule has 0 fully saturated rings. The second-order valence-corrected chi connectivity index (χ2v) is 7.31. The van der Waals surface area contributed by atoms with Crippen molar-refractivity contribution in [2.45, 2.75) is 39.2 Å². The van der Waals surface area contributed by atoms with Crippen LogP contribution < -0.4 is 4.74 Å². The molecule has 0 saturated carbocycles. The molecule has 2 aromatic carbocycles. The van der Waals surface area contributed by atoms with E-state index in [0.717, 1.165) is 36.4 Å². The first-order valence-corrected chi connectivity index (χ1v) is 9.67. The molecule has 0 unspecified atom stereocenters. The Morgan fingerprint density at radius 2 is 1.85 bits per heavy atom. The zero-order chi connectivity index (χ0) is 18.6. The van der Waals surface area contributed by atoms with E-state index in [1.54, 1.807) is 7.11 Å². The summed E-state index contributed by atoms with van der Waals surface area (Å²) in [6, 6.07) is 14.6. The minimum Gasteiger partial charge on any atom is -0.496 e. The number of aromatic nitrogens is 2. The van der Waals surface area contributed by atoms with Crippen LogP contribution in [0.5, 0.6) is 5.75 Å². The number of fused-ring (bicyclic) bond motifs is 1. The number of methoxy groups -OCH3 is 1. The fourth-order valence-electron chi connectivity index (χ4n) is 3.99. The maximum Gasteiger partial charge on any atom is 0.122 e. The van der Waals surface area contributed by atoms with Crippen LogP contribution in [0.1, 0.15) is 36.5 Å². The second kappa shape index (κ2) is 7.83. The Bertz CT molecular complexity index is 954. The highest BCUT2D eigenvalue weighted by molar-refractivity contribution is 5.62. The number of imidazole rings is 1. The standard InChI is InChI=1S/C24H26N2O/c1-18(15-26-16-23(25-17-26)19-8-4-3-5-9-19)14-20-12-13-24(27-2)22-11-7-6-10-21(20)22/h3-5,8-9,12-14,16-17H,6-7,10-11,15H2,1-2H3/b18-14+. The number of rotatable bonds is 5. The number of nitrogens with zero attached hydrogens (tertiary/aromatic N) is 2. The molecular weight excluding hydrogens is 332 g/mol. The number of benzene rings is 2. The highest BCUT2D eigenvalue weighted by Crippen LogP contribution is 2.33. The Labute approximate surface area is 161 Å². The van der Waals surface area contributed by atoms with Gasteiger partial charge in [0.15, 0.2) is 0 Å². The lowest BCUT2D eigenvalue weighted by Gasteiger charge is -2.21. The summed E-state index contributed by atoms with van der Waals surface area (Å²) < 4.78 is 7.74. The maximum atomic E-state index is 5.58. The molecule has 1 heterocycles. The minimum absolute atomic E-state index is 0.848. The van der Waals surface area contributed by atoms with Gasteiger partial charge in [-0.25, -0.2) is 4.98 Å². The molecule has 1 aliphatic carbocycles. The normalized spacial score (nSPS) is 14.1. The Kier molecular flexibility index (Phi) is 5.10. The lowest BCUT2D eigenvalue weighted by atomic mass is 9.87. The summed E-state index contributed by atoms with van der Waals surface area (Å²) in [5, 5.41) is 0. The van der Waals surface area contributed by atoms with Gasteiger partial charge in [0.25, 0.3) is 0 Å². The van der Waals surface area contributed by atoms with Crippen LogP contribution in [0.25, 0.3) is 17.3 Å². The van der Waals surface area contributed by atoms with Gasteiger partial charge >= 0.3 is 0 Å². The van der Waals surface area contributed by atoms with Gasteiger partial charge in [-0.05, 0) is 55.4 Å². The third-order valence-corrected chi connectivity index (χ3v) is 5.28. The third-order valence-electron chi connectivity index (χ3n) is 5.28. The van der Waals surface area contributed by atoms with Gasteiger partial charge in [-0.2, -0.15) is 0 Å². The molecule has 0 spiro atoms. The van der Waals surface area contributed by atoms with Crippen LogP contribution in [0.15, 0.2) is 60.6 Å². The molecule has 0 aliphatic heterocycles. The van der Waals surface area contributed by atoms with Crippen molar-refractivity contribution < 1.29 is 4.74 Å². The van der Waals surface area contributed by atoms with E-state index in [-0.39, 0.29) is 0 Å². The fourth-order valence-corrected chi connectivity index (χ4v) is 3.99. The van der Waals surface area contributed by atoms with Crippen molar-refractivity contribution >= 4 is 6.08 Å². The van der Waals surface area contributed by atoms with Gasteiger partial charge in [0.1, 0.15) is 5.75 Å². The lowest BCUT2D eigenvalue weighted by Crippen LogP contribution is -2.07. The average molecular weight is 358 g/mol. The first-order chi connectivity index (χ1) is 13.2. The molecule has 0 atom stereocenters. The van der Waals surface area contributed by atoms with Gasteiger partial charge in [0.05, 0.1) is 19.1 Å². The van der Waals surface area contributed by atoms with Crippen LogP contribution in [0.3, 0.4) is 0 Å². The number of hydrogen-bond acceptors (Lipinski definition) is 2. The number of allylic oxidation sites excluding steroid dienone is 1. The van der Waals surface area contributed by atoms with Crippen LogP contribution in [-0.2, 0) is 19.4 Å². The van der Waals surface area contributed by atoms with Gasteiger partial charge < -0.3 is 9.30 Å². The highest BCUT2D eigenvalue weighted by Gasteiger charge is 2.16. The Morgan fingerprint density at radius 3 is 2.63 bits per heavy atom. The largest absolute Gasteiger partial charge is 0.496 e. The van der Waals surface area contributed by atoms with Crippen molar-refractivity contribution in [2.75, 3.05) is 7.11 Å². The first kappa shape index (κ1) is 17.6. The molecule has 0 radical (unpaired) electrons. The van der Waals surface area contributed by atoms with Crippen LogP contribution in [0.2, 0.25) is 0 Å². The van der Waals surface area contributed by atoms with Crippen LogP contribution in [0.4, 0.5) is 0 Å². The smallest absolute Gasteiger partial charge is 0.122 e. The summed E-state index contributed by atoms with van der Waals surface area (Å²) >= 11 is 0. The summed E-state index contributed by atoms with van der Waals surface area (Å²) in [7, 11) is 1.77. The Morgan fingerprint density at radius 1 is 1.07 bits per heavy atom. The summed E-state index contributed by atoms with van der Waals surface area (Å²) in [4.78, 5) is 4.56. The monoisotopic (exact) mass is 358 g/mol. The van der Waals surface area contributed by atoms with E-state index in [1.165, 1.54) is 35.1 Å². The molecule has 1 aromatic heterocycles. The molecule has 4 rings (SSSR count). The molecule has 3 aromatic rings. The molecule has 3 heteroatoms. The Hall–Kier alpha value is -2.81. The van der Waals surface area contributed by atoms with Crippen molar-refractivity contribution in [3.63, 3.8) is 0 Å². The zero-order valence-electron chi connectivity index (χ0n) is 16.1. The second-order valence-electron chi connectivity index (χ2n) is 7.31. The first-order valence-electron chi connectivity index (χ1n) is 9.67. The van der Waals surface area contributed by atoms with Crippen LogP contribution in [-0.4, -0.2) is 16.7 Å². The van der Waals surface area contributed by atoms with Crippen molar-refractivity contribution in [3.8, 4) is 17.0 Å². The third kappa shape index (κ3) is 3.82. The van der Waals surface area contributed by atoms with Crippen LogP contribution in [0, 0.1) is 0 Å². The van der Waals surface area contributed by atoms with Gasteiger partial charge in [0, 0.05) is 18.3 Å². The van der Waals surface area contributed by atoms with E-state index in [1.807, 2.05) is 24.5 Å².